The summed E-state index contributed by atoms with van der Waals surface area (Å²) in [5.74, 6) is -1.04. The minimum Gasteiger partial charge on any atom is -0.480 e. The van der Waals surface area contributed by atoms with E-state index in [2.05, 4.69) is 18.0 Å². The Bertz CT molecular complexity index is 349. The van der Waals surface area contributed by atoms with Crippen molar-refractivity contribution in [3.05, 3.63) is 24.3 Å². The largest absolute Gasteiger partial charge is 0.480 e. The molecule has 0 unspecified atom stereocenters. The maximum Gasteiger partial charge on any atom is 0.408 e. The van der Waals surface area contributed by atoms with Gasteiger partial charge >= 0.3 is 12.1 Å². The van der Waals surface area contributed by atoms with Crippen LogP contribution in [0.15, 0.2) is 24.3 Å². The van der Waals surface area contributed by atoms with Gasteiger partial charge in [0.15, 0.2) is 0 Å². The van der Waals surface area contributed by atoms with E-state index in [0.717, 1.165) is 31.3 Å². The van der Waals surface area contributed by atoms with E-state index in [4.69, 9.17) is 9.84 Å². The zero-order valence-electron chi connectivity index (χ0n) is 10.4. The summed E-state index contributed by atoms with van der Waals surface area (Å²) in [4.78, 5) is 22.4. The van der Waals surface area contributed by atoms with Crippen LogP contribution in [-0.2, 0) is 9.53 Å². The van der Waals surface area contributed by atoms with Gasteiger partial charge in [-0.25, -0.2) is 9.59 Å². The number of allylic oxidation sites excluding steroid dienone is 1. The monoisotopic (exact) mass is 253 g/mol. The topological polar surface area (TPSA) is 75.6 Å². The Morgan fingerprint density at radius 2 is 2.33 bits per heavy atom. The molecule has 1 aliphatic rings. The molecule has 0 spiro atoms. The molecule has 1 aliphatic carbocycles. The van der Waals surface area contributed by atoms with Gasteiger partial charge in [0.05, 0.1) is 0 Å². The second kappa shape index (κ2) is 7.53. The summed E-state index contributed by atoms with van der Waals surface area (Å²) in [6.45, 7) is 3.48. The van der Waals surface area contributed by atoms with Gasteiger partial charge in [-0.1, -0.05) is 24.3 Å². The number of aliphatic carboxylic acids is 1. The molecule has 2 N–H and O–H groups in total. The Morgan fingerprint density at radius 3 is 2.89 bits per heavy atom. The molecule has 0 radical (unpaired) electrons. The van der Waals surface area contributed by atoms with E-state index in [-0.39, 0.29) is 6.61 Å². The molecular formula is C13H19NO4. The van der Waals surface area contributed by atoms with Gasteiger partial charge in [0.2, 0.25) is 0 Å². The standard InChI is InChI=1S/C13H19NO4/c1-2-8-18-13(17)14-11(12(15)16)9-10-6-4-3-5-7-10/h2,6,11H,1,3-5,7-9H2,(H,14,17)(H,15,16)/t11-/m0/s1. The van der Waals surface area contributed by atoms with E-state index in [9.17, 15) is 9.59 Å². The number of rotatable bonds is 6. The molecule has 0 aliphatic heterocycles. The van der Waals surface area contributed by atoms with Crippen LogP contribution in [-0.4, -0.2) is 29.8 Å². The highest BCUT2D eigenvalue weighted by atomic mass is 16.5. The van der Waals surface area contributed by atoms with Crippen LogP contribution in [0.25, 0.3) is 0 Å². The first-order chi connectivity index (χ1) is 8.63. The SMILES string of the molecule is C=CCOC(=O)N[C@@H](CC1=CCCCC1)C(=O)O. The first-order valence-electron chi connectivity index (χ1n) is 6.08. The van der Waals surface area contributed by atoms with E-state index in [1.165, 1.54) is 6.08 Å². The van der Waals surface area contributed by atoms with Crippen molar-refractivity contribution in [2.45, 2.75) is 38.1 Å². The summed E-state index contributed by atoms with van der Waals surface area (Å²) in [6.07, 6.45) is 7.25. The lowest BCUT2D eigenvalue weighted by Gasteiger charge is -2.18. The van der Waals surface area contributed by atoms with Crippen LogP contribution in [0.1, 0.15) is 32.1 Å². The average Bonchev–Trinajstić information content (AvgIpc) is 2.36. The Morgan fingerprint density at radius 1 is 1.56 bits per heavy atom. The van der Waals surface area contributed by atoms with Crippen molar-refractivity contribution in [3.63, 3.8) is 0 Å². The van der Waals surface area contributed by atoms with E-state index in [1.807, 2.05) is 0 Å². The second-order valence-electron chi connectivity index (χ2n) is 4.23. The van der Waals surface area contributed by atoms with E-state index in [0.29, 0.717) is 6.42 Å². The van der Waals surface area contributed by atoms with Gasteiger partial charge in [0.25, 0.3) is 0 Å². The van der Waals surface area contributed by atoms with Crippen LogP contribution in [0.3, 0.4) is 0 Å². The van der Waals surface area contributed by atoms with Gasteiger partial charge < -0.3 is 15.2 Å². The molecule has 1 rings (SSSR count). The molecule has 0 aromatic heterocycles. The van der Waals surface area contributed by atoms with Crippen LogP contribution < -0.4 is 5.32 Å². The minimum atomic E-state index is -1.04. The van der Waals surface area contributed by atoms with Crippen molar-refractivity contribution in [1.29, 1.82) is 0 Å². The zero-order chi connectivity index (χ0) is 13.4. The van der Waals surface area contributed by atoms with E-state index >= 15 is 0 Å². The maximum atomic E-state index is 11.3. The molecule has 0 heterocycles. The first-order valence-corrected chi connectivity index (χ1v) is 6.08. The second-order valence-corrected chi connectivity index (χ2v) is 4.23. The normalized spacial score (nSPS) is 16.3. The lowest BCUT2D eigenvalue weighted by Crippen LogP contribution is -2.41. The molecule has 0 aromatic rings. The molecule has 100 valence electrons. The van der Waals surface area contributed by atoms with Gasteiger partial charge in [-0.05, 0) is 32.1 Å². The number of carbonyl (C=O) groups excluding carboxylic acids is 1. The summed E-state index contributed by atoms with van der Waals surface area (Å²) in [5.41, 5.74) is 1.10. The highest BCUT2D eigenvalue weighted by Crippen LogP contribution is 2.21. The van der Waals surface area contributed by atoms with Crippen molar-refractivity contribution >= 4 is 12.1 Å². The van der Waals surface area contributed by atoms with Crippen LogP contribution >= 0.6 is 0 Å². The van der Waals surface area contributed by atoms with Crippen LogP contribution in [0, 0.1) is 0 Å². The molecule has 18 heavy (non-hydrogen) atoms. The summed E-state index contributed by atoms with van der Waals surface area (Å²) in [6, 6.07) is -0.924. The Kier molecular flexibility index (Phi) is 5.97. The third-order valence-electron chi connectivity index (χ3n) is 2.77. The number of carbonyl (C=O) groups is 2. The van der Waals surface area contributed by atoms with Crippen molar-refractivity contribution in [1.82, 2.24) is 5.32 Å². The van der Waals surface area contributed by atoms with Crippen molar-refractivity contribution < 1.29 is 19.4 Å². The summed E-state index contributed by atoms with van der Waals surface area (Å²) >= 11 is 0. The number of hydrogen-bond acceptors (Lipinski definition) is 3. The fourth-order valence-corrected chi connectivity index (χ4v) is 1.87. The molecule has 5 nitrogen and oxygen atoms in total. The smallest absolute Gasteiger partial charge is 0.408 e. The Balaban J connectivity index is 2.48. The maximum absolute atomic E-state index is 11.3. The third-order valence-corrected chi connectivity index (χ3v) is 2.77. The summed E-state index contributed by atoms with van der Waals surface area (Å²) in [5, 5.41) is 11.4. The highest BCUT2D eigenvalue weighted by Gasteiger charge is 2.22. The molecular weight excluding hydrogens is 234 g/mol. The molecule has 0 saturated heterocycles. The zero-order valence-corrected chi connectivity index (χ0v) is 10.4. The molecule has 5 heteroatoms. The average molecular weight is 253 g/mol. The molecule has 1 amide bonds. The number of alkyl carbamates (subject to hydrolysis) is 1. The molecule has 1 atom stereocenters. The third kappa shape index (κ3) is 5.03. The number of nitrogens with one attached hydrogen (secondary N) is 1. The molecule has 0 bridgehead atoms. The fraction of sp³-hybridized carbons (Fsp3) is 0.538. The lowest BCUT2D eigenvalue weighted by atomic mass is 9.94. The van der Waals surface area contributed by atoms with Gasteiger partial charge in [-0.2, -0.15) is 0 Å². The first kappa shape index (κ1) is 14.3. The van der Waals surface area contributed by atoms with Crippen molar-refractivity contribution in [2.24, 2.45) is 0 Å². The number of hydrogen-bond donors (Lipinski definition) is 2. The van der Waals surface area contributed by atoms with Crippen LogP contribution in [0.2, 0.25) is 0 Å². The van der Waals surface area contributed by atoms with Crippen molar-refractivity contribution in [3.8, 4) is 0 Å². The van der Waals surface area contributed by atoms with E-state index in [1.54, 1.807) is 0 Å². The van der Waals surface area contributed by atoms with Crippen molar-refractivity contribution in [2.75, 3.05) is 6.61 Å². The van der Waals surface area contributed by atoms with Gasteiger partial charge in [0.1, 0.15) is 12.6 Å². The van der Waals surface area contributed by atoms with Crippen LogP contribution in [0.5, 0.6) is 0 Å². The number of carboxylic acids is 1. The molecule has 0 aromatic carbocycles. The molecule has 0 fully saturated rings. The van der Waals surface area contributed by atoms with E-state index < -0.39 is 18.1 Å². The Hall–Kier alpha value is -1.78. The number of amides is 1. The molecule has 0 saturated carbocycles. The fourth-order valence-electron chi connectivity index (χ4n) is 1.87. The summed E-state index contributed by atoms with van der Waals surface area (Å²) in [7, 11) is 0. The predicted octanol–water partition coefficient (Wildman–Crippen LogP) is 2.24. The summed E-state index contributed by atoms with van der Waals surface area (Å²) < 4.78 is 4.71. The Labute approximate surface area is 107 Å². The quantitative estimate of drug-likeness (QED) is 0.712. The number of carboxylic acid groups (broad SMARTS) is 1. The van der Waals surface area contributed by atoms with Gasteiger partial charge in [0, 0.05) is 0 Å². The number of ether oxygens (including phenoxy) is 1. The van der Waals surface area contributed by atoms with Gasteiger partial charge in [-0.3, -0.25) is 0 Å². The van der Waals surface area contributed by atoms with Crippen LogP contribution in [0.4, 0.5) is 4.79 Å². The highest BCUT2D eigenvalue weighted by molar-refractivity contribution is 5.80. The lowest BCUT2D eigenvalue weighted by molar-refractivity contribution is -0.139. The van der Waals surface area contributed by atoms with Gasteiger partial charge in [-0.15, -0.1) is 0 Å². The predicted molar refractivity (Wildman–Crippen MR) is 67.3 cm³/mol. The minimum absolute atomic E-state index is 0.0703.